The number of ether oxygens (including phenoxy) is 1. The molecule has 10 nitrogen and oxygen atoms in total. The summed E-state index contributed by atoms with van der Waals surface area (Å²) in [6.45, 7) is 3.73. The second-order valence-corrected chi connectivity index (χ2v) is 7.36. The summed E-state index contributed by atoms with van der Waals surface area (Å²) in [7, 11) is 3.03. The molecule has 0 fully saturated rings. The van der Waals surface area contributed by atoms with E-state index in [2.05, 4.69) is 20.3 Å². The predicted octanol–water partition coefficient (Wildman–Crippen LogP) is 1.82. The number of anilines is 3. The Morgan fingerprint density at radius 2 is 1.90 bits per heavy atom. The van der Waals surface area contributed by atoms with Crippen LogP contribution in [0.15, 0.2) is 36.5 Å². The number of primary amides is 2. The Kier molecular flexibility index (Phi) is 6.19. The van der Waals surface area contributed by atoms with Crippen molar-refractivity contribution in [3.8, 4) is 5.88 Å². The second kappa shape index (κ2) is 8.82. The first-order valence-electron chi connectivity index (χ1n) is 9.62. The van der Waals surface area contributed by atoms with Gasteiger partial charge in [0.15, 0.2) is 5.82 Å². The first kappa shape index (κ1) is 21.8. The number of nitrogens with two attached hydrogens (primary N) is 2. The van der Waals surface area contributed by atoms with Crippen LogP contribution in [-0.2, 0) is 4.79 Å². The summed E-state index contributed by atoms with van der Waals surface area (Å²) in [6.07, 6.45) is 1.71. The van der Waals surface area contributed by atoms with Crippen LogP contribution in [0.1, 0.15) is 24.2 Å². The number of pyridine rings is 1. The van der Waals surface area contributed by atoms with Gasteiger partial charge in [-0.3, -0.25) is 14.6 Å². The average molecular weight is 423 g/mol. The highest BCUT2D eigenvalue weighted by molar-refractivity contribution is 6.01. The lowest BCUT2D eigenvalue weighted by Gasteiger charge is -2.29. The van der Waals surface area contributed by atoms with Crippen LogP contribution in [0.25, 0.3) is 10.9 Å². The van der Waals surface area contributed by atoms with Crippen LogP contribution in [0.5, 0.6) is 5.88 Å². The monoisotopic (exact) mass is 423 g/mol. The van der Waals surface area contributed by atoms with Crippen LogP contribution in [0.3, 0.4) is 0 Å². The Bertz CT molecular complexity index is 1130. The van der Waals surface area contributed by atoms with Crippen molar-refractivity contribution in [2.75, 3.05) is 24.4 Å². The third-order valence-electron chi connectivity index (χ3n) is 4.83. The zero-order chi connectivity index (χ0) is 22.7. The molecule has 0 aliphatic heterocycles. The molecular weight excluding hydrogens is 398 g/mol. The van der Waals surface area contributed by atoms with Crippen molar-refractivity contribution < 1.29 is 14.3 Å². The molecule has 0 aliphatic rings. The molecule has 2 amide bonds. The quantitative estimate of drug-likeness (QED) is 0.497. The number of methoxy groups -OCH3 is 1. The van der Waals surface area contributed by atoms with E-state index in [4.69, 9.17) is 16.2 Å². The summed E-state index contributed by atoms with van der Waals surface area (Å²) in [6, 6.07) is 8.60. The van der Waals surface area contributed by atoms with Gasteiger partial charge in [0, 0.05) is 24.3 Å². The van der Waals surface area contributed by atoms with Gasteiger partial charge in [-0.15, -0.1) is 0 Å². The van der Waals surface area contributed by atoms with Crippen molar-refractivity contribution in [3.05, 3.63) is 42.1 Å². The van der Waals surface area contributed by atoms with Crippen LogP contribution in [0.2, 0.25) is 0 Å². The van der Waals surface area contributed by atoms with E-state index >= 15 is 0 Å². The van der Waals surface area contributed by atoms with Crippen LogP contribution in [0.4, 0.5) is 17.5 Å². The summed E-state index contributed by atoms with van der Waals surface area (Å²) in [5, 5.41) is 4.01. The molecule has 31 heavy (non-hydrogen) atoms. The van der Waals surface area contributed by atoms with Gasteiger partial charge < -0.3 is 26.4 Å². The van der Waals surface area contributed by atoms with Gasteiger partial charge in [-0.05, 0) is 30.2 Å². The van der Waals surface area contributed by atoms with Gasteiger partial charge >= 0.3 is 0 Å². The Labute approximate surface area is 179 Å². The maximum absolute atomic E-state index is 12.2. The predicted molar refractivity (Wildman–Crippen MR) is 118 cm³/mol. The van der Waals surface area contributed by atoms with Gasteiger partial charge in [-0.25, -0.2) is 0 Å². The van der Waals surface area contributed by atoms with E-state index in [0.29, 0.717) is 5.69 Å². The van der Waals surface area contributed by atoms with Crippen molar-refractivity contribution in [1.82, 2.24) is 15.0 Å². The topological polar surface area (TPSA) is 149 Å². The smallest absolute Gasteiger partial charge is 0.258 e. The zero-order valence-electron chi connectivity index (χ0n) is 17.8. The lowest BCUT2D eigenvalue weighted by atomic mass is 10.0. The van der Waals surface area contributed by atoms with Gasteiger partial charge in [-0.1, -0.05) is 19.9 Å². The molecule has 3 rings (SSSR count). The van der Waals surface area contributed by atoms with E-state index < -0.39 is 17.9 Å². The number of amides is 2. The largest absolute Gasteiger partial charge is 0.480 e. The van der Waals surface area contributed by atoms with Crippen LogP contribution in [0, 0.1) is 5.92 Å². The lowest BCUT2D eigenvalue weighted by Crippen LogP contribution is -2.47. The number of aromatic nitrogens is 3. The lowest BCUT2D eigenvalue weighted by molar-refractivity contribution is -0.120. The molecule has 0 unspecified atom stereocenters. The molecule has 0 spiro atoms. The molecule has 162 valence electrons. The number of hydrogen-bond donors (Lipinski definition) is 3. The second-order valence-electron chi connectivity index (χ2n) is 7.36. The molecule has 0 aliphatic carbocycles. The van der Waals surface area contributed by atoms with Crippen LogP contribution < -0.4 is 26.4 Å². The Morgan fingerprint density at radius 1 is 1.16 bits per heavy atom. The third kappa shape index (κ3) is 4.47. The fraction of sp³-hybridized carbons (Fsp3) is 0.286. The molecule has 1 aromatic carbocycles. The van der Waals surface area contributed by atoms with Gasteiger partial charge in [0.05, 0.1) is 12.6 Å². The van der Waals surface area contributed by atoms with E-state index in [-0.39, 0.29) is 29.1 Å². The van der Waals surface area contributed by atoms with E-state index in [1.54, 1.807) is 24.2 Å². The van der Waals surface area contributed by atoms with Gasteiger partial charge in [-0.2, -0.15) is 9.97 Å². The van der Waals surface area contributed by atoms with E-state index in [1.165, 1.54) is 7.11 Å². The number of benzene rings is 1. The maximum Gasteiger partial charge on any atom is 0.258 e. The van der Waals surface area contributed by atoms with Crippen molar-refractivity contribution in [2.45, 2.75) is 19.9 Å². The maximum atomic E-state index is 12.2. The fourth-order valence-electron chi connectivity index (χ4n) is 3.43. The highest BCUT2D eigenvalue weighted by atomic mass is 16.5. The molecule has 1 atom stereocenters. The zero-order valence-corrected chi connectivity index (χ0v) is 17.8. The number of likely N-dealkylation sites (N-methyl/N-ethyl adjacent to an activating group) is 1. The van der Waals surface area contributed by atoms with Crippen molar-refractivity contribution in [1.29, 1.82) is 0 Å². The summed E-state index contributed by atoms with van der Waals surface area (Å²) >= 11 is 0. The number of carbonyl (C=O) groups excluding carboxylic acids is 2. The average Bonchev–Trinajstić information content (AvgIpc) is 2.72. The summed E-state index contributed by atoms with van der Waals surface area (Å²) in [5.74, 6) is -1.08. The summed E-state index contributed by atoms with van der Waals surface area (Å²) in [5.41, 5.74) is 12.6. The first-order valence-corrected chi connectivity index (χ1v) is 9.62. The molecule has 5 N–H and O–H groups in total. The van der Waals surface area contributed by atoms with Gasteiger partial charge in [0.2, 0.25) is 17.7 Å². The van der Waals surface area contributed by atoms with E-state index in [9.17, 15) is 9.59 Å². The first-order chi connectivity index (χ1) is 14.7. The standard InChI is InChI=1S/C21H25N7O3/c1-11(2)16(18(23)30)28(3)21-26-19(15(17(22)29)20(27-21)31-4)25-13-7-8-14-12(10-13)6-5-9-24-14/h5-11,16H,1-4H3,(H2,22,29)(H2,23,30)(H,25,26,27)/t16-/m1/s1. The number of hydrogen-bond acceptors (Lipinski definition) is 8. The summed E-state index contributed by atoms with van der Waals surface area (Å²) in [4.78, 5) is 38.7. The van der Waals surface area contributed by atoms with Crippen molar-refractivity contribution in [2.24, 2.45) is 17.4 Å². The minimum absolute atomic E-state index is 0.00824. The van der Waals surface area contributed by atoms with Crippen molar-refractivity contribution in [3.63, 3.8) is 0 Å². The Hall–Kier alpha value is -3.95. The molecule has 3 aromatic rings. The molecule has 0 saturated carbocycles. The number of nitrogens with one attached hydrogen (secondary N) is 1. The SMILES string of the molecule is COc1nc(N(C)[C@@H](C(N)=O)C(C)C)nc(Nc2ccc3ncccc3c2)c1C(N)=O. The Balaban J connectivity index is 2.11. The van der Waals surface area contributed by atoms with E-state index in [1.807, 2.05) is 38.1 Å². The number of carbonyl (C=O) groups is 2. The minimum Gasteiger partial charge on any atom is -0.480 e. The fourth-order valence-corrected chi connectivity index (χ4v) is 3.43. The van der Waals surface area contributed by atoms with Crippen molar-refractivity contribution >= 4 is 40.2 Å². The number of rotatable bonds is 8. The third-order valence-corrected chi connectivity index (χ3v) is 4.83. The van der Waals surface area contributed by atoms with E-state index in [0.717, 1.165) is 10.9 Å². The normalized spacial score (nSPS) is 11.9. The Morgan fingerprint density at radius 3 is 2.52 bits per heavy atom. The molecule has 10 heteroatoms. The molecule has 2 heterocycles. The van der Waals surface area contributed by atoms with Gasteiger partial charge in [0.25, 0.3) is 5.91 Å². The molecule has 0 bridgehead atoms. The molecule has 2 aromatic heterocycles. The summed E-state index contributed by atoms with van der Waals surface area (Å²) < 4.78 is 5.30. The molecule has 0 radical (unpaired) electrons. The van der Waals surface area contributed by atoms with Gasteiger partial charge in [0.1, 0.15) is 11.6 Å². The van der Waals surface area contributed by atoms with Crippen LogP contribution in [-0.4, -0.2) is 47.0 Å². The number of nitrogens with zero attached hydrogens (tertiary/aromatic N) is 4. The van der Waals surface area contributed by atoms with Crippen LogP contribution >= 0.6 is 0 Å². The minimum atomic E-state index is -0.758. The molecule has 0 saturated heterocycles. The highest BCUT2D eigenvalue weighted by Gasteiger charge is 2.29. The highest BCUT2D eigenvalue weighted by Crippen LogP contribution is 2.30. The molecular formula is C21H25N7O3. The number of fused-ring (bicyclic) bond motifs is 1.